The van der Waals surface area contributed by atoms with Crippen molar-refractivity contribution in [2.24, 2.45) is 0 Å². The van der Waals surface area contributed by atoms with Crippen molar-refractivity contribution >= 4 is 16.0 Å². The van der Waals surface area contributed by atoms with Crippen LogP contribution in [0.4, 0.5) is 0 Å². The third kappa shape index (κ3) is 5.71. The van der Waals surface area contributed by atoms with Gasteiger partial charge < -0.3 is 14.2 Å². The number of rotatable bonds is 10. The van der Waals surface area contributed by atoms with Gasteiger partial charge >= 0.3 is 5.97 Å². The number of nitrogens with zero attached hydrogens (tertiary/aromatic N) is 1. The Kier molecular flexibility index (Phi) is 7.83. The minimum absolute atomic E-state index is 0.0901. The Morgan fingerprint density at radius 2 is 1.46 bits per heavy atom. The molecule has 0 unspecified atom stereocenters. The number of carbonyl (C=O) groups is 1. The molecule has 2 aromatic rings. The van der Waals surface area contributed by atoms with Gasteiger partial charge in [0.2, 0.25) is 10.0 Å². The molecule has 0 bridgehead atoms. The van der Waals surface area contributed by atoms with E-state index < -0.39 is 16.0 Å². The molecule has 0 aliphatic heterocycles. The molecule has 0 aliphatic rings. The molecule has 0 aliphatic carbocycles. The van der Waals surface area contributed by atoms with Crippen molar-refractivity contribution < 1.29 is 27.4 Å². The van der Waals surface area contributed by atoms with Crippen LogP contribution in [0.5, 0.6) is 11.5 Å². The van der Waals surface area contributed by atoms with E-state index in [1.807, 2.05) is 24.3 Å². The van der Waals surface area contributed by atoms with Crippen molar-refractivity contribution in [1.82, 2.24) is 4.31 Å². The van der Waals surface area contributed by atoms with Gasteiger partial charge in [0.1, 0.15) is 18.0 Å². The van der Waals surface area contributed by atoms with Crippen LogP contribution in [0, 0.1) is 0 Å². The molecule has 0 saturated carbocycles. The SMILES string of the molecule is CCOC(=O)CN(CCc1ccc(OC)cc1)S(=O)(=O)c1ccc(OC)cc1. The van der Waals surface area contributed by atoms with Crippen LogP contribution in [0.1, 0.15) is 12.5 Å². The number of methoxy groups -OCH3 is 2. The summed E-state index contributed by atoms with van der Waals surface area (Å²) in [7, 11) is -0.784. The Morgan fingerprint density at radius 1 is 0.929 bits per heavy atom. The summed E-state index contributed by atoms with van der Waals surface area (Å²) >= 11 is 0. The maximum Gasteiger partial charge on any atom is 0.321 e. The van der Waals surface area contributed by atoms with E-state index >= 15 is 0 Å². The lowest BCUT2D eigenvalue weighted by Gasteiger charge is -2.21. The van der Waals surface area contributed by atoms with Gasteiger partial charge in [-0.1, -0.05) is 12.1 Å². The first kappa shape index (κ1) is 21.7. The molecule has 152 valence electrons. The van der Waals surface area contributed by atoms with Gasteiger partial charge in [0, 0.05) is 6.54 Å². The first-order chi connectivity index (χ1) is 13.4. The average Bonchev–Trinajstić information content (AvgIpc) is 2.71. The summed E-state index contributed by atoms with van der Waals surface area (Å²) in [5, 5.41) is 0. The van der Waals surface area contributed by atoms with Gasteiger partial charge in [0.15, 0.2) is 0 Å². The molecule has 0 fully saturated rings. The highest BCUT2D eigenvalue weighted by Gasteiger charge is 2.27. The Labute approximate surface area is 165 Å². The molecular formula is C20H25NO6S. The second kappa shape index (κ2) is 10.1. The third-order valence-corrected chi connectivity index (χ3v) is 5.98. The first-order valence-electron chi connectivity index (χ1n) is 8.83. The first-order valence-corrected chi connectivity index (χ1v) is 10.3. The lowest BCUT2D eigenvalue weighted by Crippen LogP contribution is -2.38. The summed E-state index contributed by atoms with van der Waals surface area (Å²) in [5.41, 5.74) is 0.930. The molecule has 0 spiro atoms. The lowest BCUT2D eigenvalue weighted by molar-refractivity contribution is -0.143. The molecule has 7 nitrogen and oxygen atoms in total. The summed E-state index contributed by atoms with van der Waals surface area (Å²) in [6, 6.07) is 13.4. The Balaban J connectivity index is 2.21. The highest BCUT2D eigenvalue weighted by molar-refractivity contribution is 7.89. The fraction of sp³-hybridized carbons (Fsp3) is 0.350. The van der Waals surface area contributed by atoms with Gasteiger partial charge in [-0.15, -0.1) is 0 Å². The summed E-state index contributed by atoms with van der Waals surface area (Å²) < 4.78 is 42.4. The van der Waals surface area contributed by atoms with Crippen LogP contribution in [-0.4, -0.2) is 52.6 Å². The standard InChI is InChI=1S/C20H25NO6S/c1-4-27-20(22)15-21(14-13-16-5-7-17(25-2)8-6-16)28(23,24)19-11-9-18(26-3)10-12-19/h5-12H,4,13-15H2,1-3H3. The summed E-state index contributed by atoms with van der Waals surface area (Å²) in [6.45, 7) is 1.66. The van der Waals surface area contributed by atoms with Crippen molar-refractivity contribution in [1.29, 1.82) is 0 Å². The molecule has 0 amide bonds. The number of carbonyl (C=O) groups excluding carboxylic acids is 1. The van der Waals surface area contributed by atoms with Gasteiger partial charge in [0.25, 0.3) is 0 Å². The topological polar surface area (TPSA) is 82.1 Å². The molecule has 0 saturated heterocycles. The second-order valence-corrected chi connectivity index (χ2v) is 7.86. The van der Waals surface area contributed by atoms with E-state index in [1.165, 1.54) is 19.2 Å². The van der Waals surface area contributed by atoms with Gasteiger partial charge in [0.05, 0.1) is 25.7 Å². The Bertz CT molecular complexity index is 863. The smallest absolute Gasteiger partial charge is 0.321 e. The molecule has 8 heteroatoms. The van der Waals surface area contributed by atoms with E-state index in [4.69, 9.17) is 14.2 Å². The van der Waals surface area contributed by atoms with Crippen molar-refractivity contribution in [3.63, 3.8) is 0 Å². The zero-order chi connectivity index (χ0) is 20.6. The van der Waals surface area contributed by atoms with Crippen LogP contribution in [0.25, 0.3) is 0 Å². The maximum atomic E-state index is 13.1. The number of ether oxygens (including phenoxy) is 3. The maximum absolute atomic E-state index is 13.1. The van der Waals surface area contributed by atoms with E-state index in [1.54, 1.807) is 26.2 Å². The number of esters is 1. The predicted octanol–water partition coefficient (Wildman–Crippen LogP) is 2.50. The number of benzene rings is 2. The van der Waals surface area contributed by atoms with Gasteiger partial charge in [-0.2, -0.15) is 4.31 Å². The fourth-order valence-corrected chi connectivity index (χ4v) is 3.96. The van der Waals surface area contributed by atoms with Crippen molar-refractivity contribution in [3.05, 3.63) is 54.1 Å². The zero-order valence-electron chi connectivity index (χ0n) is 16.3. The molecule has 0 aromatic heterocycles. The average molecular weight is 407 g/mol. The van der Waals surface area contributed by atoms with Crippen molar-refractivity contribution in [2.45, 2.75) is 18.2 Å². The van der Waals surface area contributed by atoms with E-state index in [-0.39, 0.29) is 24.6 Å². The Morgan fingerprint density at radius 3 is 1.96 bits per heavy atom. The summed E-state index contributed by atoms with van der Waals surface area (Å²) in [6.07, 6.45) is 0.443. The van der Waals surface area contributed by atoms with Crippen LogP contribution in [0.15, 0.2) is 53.4 Å². The summed E-state index contributed by atoms with van der Waals surface area (Å²) in [4.78, 5) is 12.1. The van der Waals surface area contributed by atoms with Gasteiger partial charge in [-0.25, -0.2) is 8.42 Å². The predicted molar refractivity (Wildman–Crippen MR) is 105 cm³/mol. The normalized spacial score (nSPS) is 11.3. The molecule has 0 heterocycles. The van der Waals surface area contributed by atoms with Crippen LogP contribution >= 0.6 is 0 Å². The zero-order valence-corrected chi connectivity index (χ0v) is 17.1. The molecule has 0 N–H and O–H groups in total. The molecule has 2 rings (SSSR count). The molecule has 0 radical (unpaired) electrons. The molecule has 0 atom stereocenters. The van der Waals surface area contributed by atoms with Gasteiger partial charge in [-0.3, -0.25) is 4.79 Å². The highest BCUT2D eigenvalue weighted by Crippen LogP contribution is 2.20. The monoisotopic (exact) mass is 407 g/mol. The van der Waals surface area contributed by atoms with E-state index in [9.17, 15) is 13.2 Å². The number of hydrogen-bond acceptors (Lipinski definition) is 6. The minimum atomic E-state index is -3.87. The summed E-state index contributed by atoms with van der Waals surface area (Å²) in [5.74, 6) is 0.682. The second-order valence-electron chi connectivity index (χ2n) is 5.92. The van der Waals surface area contributed by atoms with Crippen LogP contribution in [0.3, 0.4) is 0 Å². The quantitative estimate of drug-likeness (QED) is 0.563. The molecule has 2 aromatic carbocycles. The van der Waals surface area contributed by atoms with Crippen LogP contribution in [-0.2, 0) is 26.0 Å². The molecular weight excluding hydrogens is 382 g/mol. The van der Waals surface area contributed by atoms with E-state index in [2.05, 4.69) is 0 Å². The van der Waals surface area contributed by atoms with Gasteiger partial charge in [-0.05, 0) is 55.3 Å². The fourth-order valence-electron chi connectivity index (χ4n) is 2.58. The number of hydrogen-bond donors (Lipinski definition) is 0. The van der Waals surface area contributed by atoms with Crippen molar-refractivity contribution in [3.8, 4) is 11.5 Å². The largest absolute Gasteiger partial charge is 0.497 e. The van der Waals surface area contributed by atoms with Crippen LogP contribution < -0.4 is 9.47 Å². The Hall–Kier alpha value is -2.58. The molecule has 28 heavy (non-hydrogen) atoms. The van der Waals surface area contributed by atoms with E-state index in [0.29, 0.717) is 12.2 Å². The third-order valence-electron chi connectivity index (χ3n) is 4.12. The highest BCUT2D eigenvalue weighted by atomic mass is 32.2. The van der Waals surface area contributed by atoms with Crippen LogP contribution in [0.2, 0.25) is 0 Å². The lowest BCUT2D eigenvalue weighted by atomic mass is 10.1. The van der Waals surface area contributed by atoms with Crippen molar-refractivity contribution in [2.75, 3.05) is 33.9 Å². The minimum Gasteiger partial charge on any atom is -0.497 e. The number of sulfonamides is 1. The van der Waals surface area contributed by atoms with E-state index in [0.717, 1.165) is 15.6 Å².